The van der Waals surface area contributed by atoms with Crippen LogP contribution in [0.4, 0.5) is 0 Å². The van der Waals surface area contributed by atoms with Gasteiger partial charge in [-0.3, -0.25) is 9.59 Å². The summed E-state index contributed by atoms with van der Waals surface area (Å²) in [6.07, 6.45) is 2.97. The van der Waals surface area contributed by atoms with Crippen molar-refractivity contribution < 1.29 is 24.2 Å². The molecule has 1 heterocycles. The highest BCUT2D eigenvalue weighted by Crippen LogP contribution is 2.37. The zero-order valence-electron chi connectivity index (χ0n) is 18.3. The lowest BCUT2D eigenvalue weighted by atomic mass is 9.91. The van der Waals surface area contributed by atoms with E-state index in [2.05, 4.69) is 20.4 Å². The third-order valence-corrected chi connectivity index (χ3v) is 5.48. The normalized spacial score (nSPS) is 17.3. The first-order valence-electron chi connectivity index (χ1n) is 10.4. The Morgan fingerprint density at radius 3 is 2.52 bits per heavy atom. The molecule has 0 aromatic heterocycles. The first-order chi connectivity index (χ1) is 14.8. The second kappa shape index (κ2) is 9.25. The average Bonchev–Trinajstić information content (AvgIpc) is 3.06. The van der Waals surface area contributed by atoms with E-state index >= 15 is 0 Å². The number of likely N-dealkylation sites (tertiary alicyclic amines) is 1. The summed E-state index contributed by atoms with van der Waals surface area (Å²) < 4.78 is 11.5. The summed E-state index contributed by atoms with van der Waals surface area (Å²) in [7, 11) is 0. The van der Waals surface area contributed by atoms with Gasteiger partial charge in [0.25, 0.3) is 5.91 Å². The molecule has 6 heteroatoms. The molecule has 0 unspecified atom stereocenters. The smallest absolute Gasteiger partial charge is 0.255 e. The Kier molecular flexibility index (Phi) is 6.68. The predicted molar refractivity (Wildman–Crippen MR) is 120 cm³/mol. The molecular weight excluding hydrogens is 394 g/mol. The van der Waals surface area contributed by atoms with Crippen molar-refractivity contribution in [2.75, 3.05) is 19.8 Å². The van der Waals surface area contributed by atoms with E-state index in [0.717, 1.165) is 6.42 Å². The minimum atomic E-state index is -0.220. The fraction of sp³-hybridized carbons (Fsp3) is 0.360. The van der Waals surface area contributed by atoms with Crippen LogP contribution in [0.1, 0.15) is 53.5 Å². The molecular formula is C25H29NO5. The maximum absolute atomic E-state index is 13.5. The summed E-state index contributed by atoms with van der Waals surface area (Å²) in [5.74, 6) is 0.794. The number of hydrogen-bond donors (Lipinski definition) is 1. The quantitative estimate of drug-likeness (QED) is 0.630. The van der Waals surface area contributed by atoms with Crippen LogP contribution in [0.25, 0.3) is 6.08 Å². The molecule has 0 spiro atoms. The first-order valence-corrected chi connectivity index (χ1v) is 10.4. The van der Waals surface area contributed by atoms with Gasteiger partial charge >= 0.3 is 0 Å². The van der Waals surface area contributed by atoms with Crippen LogP contribution in [-0.2, 0) is 0 Å². The van der Waals surface area contributed by atoms with Crippen LogP contribution in [0.5, 0.6) is 17.2 Å². The van der Waals surface area contributed by atoms with Gasteiger partial charge in [-0.2, -0.15) is 0 Å². The molecule has 3 rings (SSSR count). The van der Waals surface area contributed by atoms with Gasteiger partial charge in [-0.25, -0.2) is 0 Å². The average molecular weight is 424 g/mol. The number of carbonyl (C=O) groups is 2. The molecule has 1 aliphatic rings. The molecule has 2 aromatic carbocycles. The predicted octanol–water partition coefficient (Wildman–Crippen LogP) is 4.57. The summed E-state index contributed by atoms with van der Waals surface area (Å²) >= 11 is 0. The molecule has 0 aliphatic carbocycles. The number of phenols is 1. The maximum atomic E-state index is 13.5. The number of benzene rings is 2. The van der Waals surface area contributed by atoms with Crippen molar-refractivity contribution in [3.8, 4) is 17.2 Å². The van der Waals surface area contributed by atoms with Crippen LogP contribution in [0.15, 0.2) is 43.0 Å². The summed E-state index contributed by atoms with van der Waals surface area (Å²) in [6, 6.07) is 9.93. The van der Waals surface area contributed by atoms with Gasteiger partial charge < -0.3 is 19.5 Å². The van der Waals surface area contributed by atoms with Gasteiger partial charge in [-0.15, -0.1) is 0 Å². The minimum Gasteiger partial charge on any atom is -0.507 e. The fourth-order valence-corrected chi connectivity index (χ4v) is 4.13. The molecule has 2 aromatic rings. The zero-order valence-corrected chi connectivity index (χ0v) is 18.3. The van der Waals surface area contributed by atoms with Gasteiger partial charge in [-0.1, -0.05) is 38.6 Å². The fourth-order valence-electron chi connectivity index (χ4n) is 4.13. The molecule has 0 radical (unpaired) electrons. The van der Waals surface area contributed by atoms with Gasteiger partial charge in [0.15, 0.2) is 6.29 Å². The number of hydrogen-bond acceptors (Lipinski definition) is 5. The Morgan fingerprint density at radius 2 is 1.87 bits per heavy atom. The van der Waals surface area contributed by atoms with Gasteiger partial charge in [0.2, 0.25) is 0 Å². The van der Waals surface area contributed by atoms with Gasteiger partial charge in [-0.05, 0) is 43.0 Å². The minimum absolute atomic E-state index is 0.0931. The van der Waals surface area contributed by atoms with Crippen LogP contribution in [0, 0.1) is 5.41 Å². The summed E-state index contributed by atoms with van der Waals surface area (Å²) in [5.41, 5.74) is 1.02. The highest BCUT2D eigenvalue weighted by Gasteiger charge is 2.41. The van der Waals surface area contributed by atoms with E-state index in [1.807, 2.05) is 6.92 Å². The van der Waals surface area contributed by atoms with Crippen LogP contribution < -0.4 is 9.47 Å². The molecule has 1 aliphatic heterocycles. The first kappa shape index (κ1) is 22.4. The summed E-state index contributed by atoms with van der Waals surface area (Å²) in [5, 5.41) is 10.0. The topological polar surface area (TPSA) is 76.1 Å². The van der Waals surface area contributed by atoms with Crippen LogP contribution >= 0.6 is 0 Å². The van der Waals surface area contributed by atoms with Crippen LogP contribution in [-0.4, -0.2) is 48.0 Å². The number of ether oxygens (including phenoxy) is 2. The van der Waals surface area contributed by atoms with Crippen molar-refractivity contribution in [3.05, 3.63) is 59.7 Å². The molecule has 1 fully saturated rings. The number of aromatic hydroxyl groups is 1. The second-order valence-electron chi connectivity index (χ2n) is 8.43. The molecule has 31 heavy (non-hydrogen) atoms. The summed E-state index contributed by atoms with van der Waals surface area (Å²) in [6.45, 7) is 11.0. The largest absolute Gasteiger partial charge is 0.507 e. The number of amides is 1. The van der Waals surface area contributed by atoms with E-state index in [0.29, 0.717) is 42.1 Å². The third kappa shape index (κ3) is 4.74. The van der Waals surface area contributed by atoms with E-state index in [9.17, 15) is 14.7 Å². The Labute approximate surface area is 183 Å². The SMILES string of the molecule is C=Cc1c(O)cccc1OC[C@@H]1CC(C)(C)CN1C(=O)c1cccc(OCC)c1C=O. The highest BCUT2D eigenvalue weighted by atomic mass is 16.5. The van der Waals surface area contributed by atoms with Gasteiger partial charge in [0.1, 0.15) is 23.9 Å². The van der Waals surface area contributed by atoms with Crippen molar-refractivity contribution in [1.29, 1.82) is 0 Å². The van der Waals surface area contributed by atoms with E-state index in [1.165, 1.54) is 0 Å². The Bertz CT molecular complexity index is 982. The van der Waals surface area contributed by atoms with Crippen molar-refractivity contribution in [3.63, 3.8) is 0 Å². The lowest BCUT2D eigenvalue weighted by Gasteiger charge is -2.26. The molecule has 0 saturated carbocycles. The van der Waals surface area contributed by atoms with E-state index in [1.54, 1.807) is 47.4 Å². The maximum Gasteiger partial charge on any atom is 0.255 e. The lowest BCUT2D eigenvalue weighted by Crippen LogP contribution is -2.39. The van der Waals surface area contributed by atoms with E-state index in [4.69, 9.17) is 9.47 Å². The van der Waals surface area contributed by atoms with Gasteiger partial charge in [0.05, 0.1) is 29.3 Å². The Balaban J connectivity index is 1.87. The van der Waals surface area contributed by atoms with Crippen molar-refractivity contribution >= 4 is 18.3 Å². The number of rotatable bonds is 8. The Hall–Kier alpha value is -3.28. The van der Waals surface area contributed by atoms with Gasteiger partial charge in [0, 0.05) is 6.54 Å². The zero-order chi connectivity index (χ0) is 22.6. The van der Waals surface area contributed by atoms with Crippen LogP contribution in [0.3, 0.4) is 0 Å². The Morgan fingerprint density at radius 1 is 1.19 bits per heavy atom. The number of nitrogens with zero attached hydrogens (tertiary/aromatic N) is 1. The molecule has 6 nitrogen and oxygen atoms in total. The van der Waals surface area contributed by atoms with Crippen molar-refractivity contribution in [2.24, 2.45) is 5.41 Å². The lowest BCUT2D eigenvalue weighted by molar-refractivity contribution is 0.0680. The van der Waals surface area contributed by atoms with Crippen LogP contribution in [0.2, 0.25) is 0 Å². The molecule has 1 saturated heterocycles. The van der Waals surface area contributed by atoms with Crippen molar-refractivity contribution in [1.82, 2.24) is 4.90 Å². The number of carbonyl (C=O) groups excluding carboxylic acids is 2. The second-order valence-corrected chi connectivity index (χ2v) is 8.43. The van der Waals surface area contributed by atoms with Crippen molar-refractivity contribution in [2.45, 2.75) is 33.2 Å². The molecule has 1 amide bonds. The molecule has 164 valence electrons. The molecule has 1 N–H and O–H groups in total. The molecule has 1 atom stereocenters. The summed E-state index contributed by atoms with van der Waals surface area (Å²) in [4.78, 5) is 27.0. The monoisotopic (exact) mass is 423 g/mol. The van der Waals surface area contributed by atoms with E-state index < -0.39 is 0 Å². The number of phenolic OH excluding ortho intramolecular Hbond substituents is 1. The standard InChI is InChI=1S/C25H29NO5/c1-5-18-21(28)10-8-12-22(18)31-15-17-13-25(3,4)16-26(17)24(29)19-9-7-11-23(30-6-2)20(19)14-27/h5,7-12,14,17,28H,1,6,13,15-16H2,2-4H3/t17-/m0/s1. The number of aldehydes is 1. The van der Waals surface area contributed by atoms with E-state index in [-0.39, 0.29) is 35.3 Å². The molecule has 0 bridgehead atoms. The highest BCUT2D eigenvalue weighted by molar-refractivity contribution is 6.03. The third-order valence-electron chi connectivity index (χ3n) is 5.48.